The minimum absolute atomic E-state index is 0.256. The van der Waals surface area contributed by atoms with Gasteiger partial charge in [-0.3, -0.25) is 0 Å². The average molecular weight is 447 g/mol. The zero-order valence-corrected chi connectivity index (χ0v) is 18.5. The molecule has 1 aliphatic rings. The van der Waals surface area contributed by atoms with Crippen LogP contribution in [0.25, 0.3) is 10.6 Å². The van der Waals surface area contributed by atoms with Crippen LogP contribution >= 0.6 is 23.1 Å². The molecule has 0 radical (unpaired) electrons. The molecule has 2 aromatic heterocycles. The number of thioether (sulfide) groups is 1. The monoisotopic (exact) mass is 446 g/mol. The number of rotatable bonds is 6. The Labute approximate surface area is 179 Å². The molecule has 3 aromatic rings. The molecule has 0 aliphatic carbocycles. The number of nitrogens with zero attached hydrogens (tertiary/aromatic N) is 4. The smallest absolute Gasteiger partial charge is 0.244 e. The van der Waals surface area contributed by atoms with Gasteiger partial charge in [-0.15, -0.1) is 23.1 Å². The van der Waals surface area contributed by atoms with E-state index >= 15 is 0 Å². The van der Waals surface area contributed by atoms with Gasteiger partial charge in [0, 0.05) is 49.1 Å². The number of aromatic nitrogens is 2. The van der Waals surface area contributed by atoms with E-state index in [0.29, 0.717) is 18.8 Å². The van der Waals surface area contributed by atoms with E-state index in [0.717, 1.165) is 34.4 Å². The normalized spacial score (nSPS) is 16.2. The lowest BCUT2D eigenvalue weighted by Crippen LogP contribution is -2.47. The minimum Gasteiger partial charge on any atom is -0.304 e. The fourth-order valence-electron chi connectivity index (χ4n) is 3.02. The van der Waals surface area contributed by atoms with Crippen molar-refractivity contribution in [3.05, 3.63) is 59.7 Å². The standard InChI is InChI=1S/C20H22N4O2S3/c1-23-9-11-24(12-10-23)29(25,26)18-7-8-19(21-13-18)27-14-17-15-28-20(22-17)16-5-3-2-4-6-16/h2-8,13,15H,9-12,14H2,1H3. The van der Waals surface area contributed by atoms with Gasteiger partial charge in [0.15, 0.2) is 0 Å². The quantitative estimate of drug-likeness (QED) is 0.541. The average Bonchev–Trinajstić information content (AvgIpc) is 3.23. The SMILES string of the molecule is CN1CCN(S(=O)(=O)c2ccc(SCc3csc(-c4ccccc4)n3)nc2)CC1. The summed E-state index contributed by atoms with van der Waals surface area (Å²) < 4.78 is 27.1. The van der Waals surface area contributed by atoms with E-state index < -0.39 is 10.0 Å². The number of pyridine rings is 1. The summed E-state index contributed by atoms with van der Waals surface area (Å²) in [4.78, 5) is 11.4. The lowest BCUT2D eigenvalue weighted by molar-refractivity contribution is 0.222. The van der Waals surface area contributed by atoms with E-state index in [1.807, 2.05) is 25.2 Å². The largest absolute Gasteiger partial charge is 0.304 e. The number of likely N-dealkylation sites (N-methyl/N-ethyl adjacent to an activating group) is 1. The second-order valence-electron chi connectivity index (χ2n) is 6.84. The van der Waals surface area contributed by atoms with Crippen LogP contribution in [0.4, 0.5) is 0 Å². The topological polar surface area (TPSA) is 66.4 Å². The van der Waals surface area contributed by atoms with Crippen LogP contribution in [-0.2, 0) is 15.8 Å². The highest BCUT2D eigenvalue weighted by Crippen LogP contribution is 2.27. The van der Waals surface area contributed by atoms with Gasteiger partial charge in [-0.25, -0.2) is 18.4 Å². The van der Waals surface area contributed by atoms with Crippen molar-refractivity contribution in [1.29, 1.82) is 0 Å². The van der Waals surface area contributed by atoms with Crippen molar-refractivity contribution in [2.75, 3.05) is 33.2 Å². The molecule has 1 aromatic carbocycles. The third kappa shape index (κ3) is 4.87. The number of thiazole rings is 1. The Kier molecular flexibility index (Phi) is 6.31. The molecule has 9 heteroatoms. The zero-order valence-electron chi connectivity index (χ0n) is 16.1. The van der Waals surface area contributed by atoms with Gasteiger partial charge in [-0.1, -0.05) is 30.3 Å². The molecule has 0 spiro atoms. The molecule has 0 unspecified atom stereocenters. The molecule has 6 nitrogen and oxygen atoms in total. The summed E-state index contributed by atoms with van der Waals surface area (Å²) in [5, 5.41) is 3.85. The molecule has 0 amide bonds. The van der Waals surface area contributed by atoms with Crippen LogP contribution in [0, 0.1) is 0 Å². The van der Waals surface area contributed by atoms with Gasteiger partial charge >= 0.3 is 0 Å². The van der Waals surface area contributed by atoms with Crippen LogP contribution in [0.1, 0.15) is 5.69 Å². The predicted molar refractivity (Wildman–Crippen MR) is 118 cm³/mol. The molecule has 0 N–H and O–H groups in total. The summed E-state index contributed by atoms with van der Waals surface area (Å²) in [6.07, 6.45) is 1.46. The van der Waals surface area contributed by atoms with Crippen molar-refractivity contribution in [2.45, 2.75) is 15.7 Å². The molecule has 4 rings (SSSR count). The summed E-state index contributed by atoms with van der Waals surface area (Å²) in [6, 6.07) is 13.5. The Balaban J connectivity index is 1.38. The lowest BCUT2D eigenvalue weighted by atomic mass is 10.2. The van der Waals surface area contributed by atoms with Crippen molar-refractivity contribution < 1.29 is 8.42 Å². The molecule has 152 valence electrons. The van der Waals surface area contributed by atoms with Crippen LogP contribution in [0.3, 0.4) is 0 Å². The second kappa shape index (κ2) is 8.93. The third-order valence-corrected chi connectivity index (χ3v) is 8.55. The molecule has 1 saturated heterocycles. The number of hydrogen-bond acceptors (Lipinski definition) is 7. The summed E-state index contributed by atoms with van der Waals surface area (Å²) >= 11 is 3.18. The molecule has 29 heavy (non-hydrogen) atoms. The molecule has 1 aliphatic heterocycles. The molecule has 0 atom stereocenters. The highest BCUT2D eigenvalue weighted by Gasteiger charge is 2.27. The lowest BCUT2D eigenvalue weighted by Gasteiger charge is -2.31. The van der Waals surface area contributed by atoms with E-state index in [-0.39, 0.29) is 4.90 Å². The van der Waals surface area contributed by atoms with Crippen molar-refractivity contribution in [3.8, 4) is 10.6 Å². The summed E-state index contributed by atoms with van der Waals surface area (Å²) in [7, 11) is -1.47. The fourth-order valence-corrected chi connectivity index (χ4v) is 6.05. The van der Waals surface area contributed by atoms with E-state index in [4.69, 9.17) is 0 Å². The van der Waals surface area contributed by atoms with E-state index in [9.17, 15) is 8.42 Å². The Morgan fingerprint density at radius 1 is 1.07 bits per heavy atom. The Hall–Kier alpha value is -1.78. The number of sulfonamides is 1. The van der Waals surface area contributed by atoms with Gasteiger partial charge < -0.3 is 4.90 Å². The zero-order chi connectivity index (χ0) is 20.3. The first-order valence-corrected chi connectivity index (χ1v) is 12.6. The Bertz CT molecular complexity index is 1040. The maximum atomic E-state index is 12.8. The molecule has 0 saturated carbocycles. The Morgan fingerprint density at radius 3 is 2.52 bits per heavy atom. The van der Waals surface area contributed by atoms with Crippen LogP contribution in [0.15, 0.2) is 64.0 Å². The van der Waals surface area contributed by atoms with Crippen molar-refractivity contribution in [1.82, 2.24) is 19.2 Å². The van der Waals surface area contributed by atoms with Crippen molar-refractivity contribution in [3.63, 3.8) is 0 Å². The first kappa shape index (κ1) is 20.5. The molecular formula is C20H22N4O2S3. The van der Waals surface area contributed by atoms with E-state index in [1.54, 1.807) is 35.2 Å². The minimum atomic E-state index is -3.47. The summed E-state index contributed by atoms with van der Waals surface area (Å²) in [6.45, 7) is 2.53. The van der Waals surface area contributed by atoms with Gasteiger partial charge in [0.1, 0.15) is 9.90 Å². The van der Waals surface area contributed by atoms with Gasteiger partial charge in [-0.05, 0) is 19.2 Å². The number of piperazine rings is 1. The highest BCUT2D eigenvalue weighted by atomic mass is 32.2. The Morgan fingerprint density at radius 2 is 1.83 bits per heavy atom. The first-order valence-electron chi connectivity index (χ1n) is 9.30. The molecule has 1 fully saturated rings. The van der Waals surface area contributed by atoms with E-state index in [1.165, 1.54) is 10.5 Å². The van der Waals surface area contributed by atoms with Gasteiger partial charge in [-0.2, -0.15) is 4.31 Å². The highest BCUT2D eigenvalue weighted by molar-refractivity contribution is 7.98. The third-order valence-electron chi connectivity index (χ3n) is 4.75. The molecule has 0 bridgehead atoms. The van der Waals surface area contributed by atoms with Crippen LogP contribution in [0.5, 0.6) is 0 Å². The number of benzene rings is 1. The summed E-state index contributed by atoms with van der Waals surface area (Å²) in [5.41, 5.74) is 2.11. The molecular weight excluding hydrogens is 424 g/mol. The van der Waals surface area contributed by atoms with Crippen LogP contribution in [0.2, 0.25) is 0 Å². The summed E-state index contributed by atoms with van der Waals surface area (Å²) in [5.74, 6) is 0.695. The fraction of sp³-hybridized carbons (Fsp3) is 0.300. The maximum Gasteiger partial charge on any atom is 0.244 e. The maximum absolute atomic E-state index is 12.8. The van der Waals surface area contributed by atoms with Crippen LogP contribution < -0.4 is 0 Å². The predicted octanol–water partition coefficient (Wildman–Crippen LogP) is 3.43. The van der Waals surface area contributed by atoms with Crippen molar-refractivity contribution >= 4 is 33.1 Å². The first-order chi connectivity index (χ1) is 14.0. The van der Waals surface area contributed by atoms with Gasteiger partial charge in [0.25, 0.3) is 0 Å². The second-order valence-corrected chi connectivity index (χ2v) is 10.6. The van der Waals surface area contributed by atoms with Crippen molar-refractivity contribution in [2.24, 2.45) is 0 Å². The van der Waals surface area contributed by atoms with E-state index in [2.05, 4.69) is 32.4 Å². The molecule has 3 heterocycles. The number of hydrogen-bond donors (Lipinski definition) is 0. The van der Waals surface area contributed by atoms with Crippen LogP contribution in [-0.4, -0.2) is 60.8 Å². The van der Waals surface area contributed by atoms with Gasteiger partial charge in [0.2, 0.25) is 10.0 Å². The van der Waals surface area contributed by atoms with Gasteiger partial charge in [0.05, 0.1) is 10.7 Å².